The van der Waals surface area contributed by atoms with E-state index >= 15 is 0 Å². The Bertz CT molecular complexity index is 622. The smallest absolute Gasteiger partial charge is 0.243 e. The molecule has 0 aromatic heterocycles. The molecular weight excluding hydrogens is 288 g/mol. The summed E-state index contributed by atoms with van der Waals surface area (Å²) in [6, 6.07) is 5.64. The van der Waals surface area contributed by atoms with Gasteiger partial charge in [-0.25, -0.2) is 8.42 Å². The first-order chi connectivity index (χ1) is 10.0. The highest BCUT2D eigenvalue weighted by Gasteiger charge is 2.30. The fourth-order valence-electron chi connectivity index (χ4n) is 3.09. The molecule has 0 amide bonds. The Morgan fingerprint density at radius 1 is 1.29 bits per heavy atom. The van der Waals surface area contributed by atoms with Gasteiger partial charge in [0.05, 0.1) is 4.90 Å². The zero-order valence-corrected chi connectivity index (χ0v) is 13.3. The van der Waals surface area contributed by atoms with Crippen LogP contribution in [0.25, 0.3) is 0 Å². The Morgan fingerprint density at radius 3 is 2.67 bits per heavy atom. The van der Waals surface area contributed by atoms with Gasteiger partial charge in [0.2, 0.25) is 10.0 Å². The van der Waals surface area contributed by atoms with Gasteiger partial charge < -0.3 is 10.1 Å². The van der Waals surface area contributed by atoms with Crippen molar-refractivity contribution >= 4 is 10.0 Å². The summed E-state index contributed by atoms with van der Waals surface area (Å²) >= 11 is 0. The van der Waals surface area contributed by atoms with E-state index in [2.05, 4.69) is 5.32 Å². The maximum Gasteiger partial charge on any atom is 0.243 e. The lowest BCUT2D eigenvalue weighted by molar-refractivity contribution is 0.254. The van der Waals surface area contributed by atoms with Crippen LogP contribution in [0.15, 0.2) is 23.1 Å². The summed E-state index contributed by atoms with van der Waals surface area (Å²) in [5.74, 6) is 0.815. The van der Waals surface area contributed by atoms with E-state index in [0.29, 0.717) is 24.0 Å². The van der Waals surface area contributed by atoms with Crippen LogP contribution >= 0.6 is 0 Å². The molecule has 1 atom stereocenters. The summed E-state index contributed by atoms with van der Waals surface area (Å²) in [5.41, 5.74) is 0.994. The van der Waals surface area contributed by atoms with Crippen molar-refractivity contribution in [2.45, 2.75) is 43.2 Å². The summed E-state index contributed by atoms with van der Waals surface area (Å²) in [6.45, 7) is 3.16. The molecule has 2 aliphatic rings. The van der Waals surface area contributed by atoms with Gasteiger partial charge >= 0.3 is 0 Å². The van der Waals surface area contributed by atoms with E-state index in [1.807, 2.05) is 14.0 Å². The lowest BCUT2D eigenvalue weighted by Gasteiger charge is -2.31. The molecule has 1 fully saturated rings. The van der Waals surface area contributed by atoms with Gasteiger partial charge in [-0.3, -0.25) is 0 Å². The molecule has 0 radical (unpaired) electrons. The highest BCUT2D eigenvalue weighted by atomic mass is 32.2. The number of ether oxygens (including phenoxy) is 1. The van der Waals surface area contributed by atoms with Gasteiger partial charge in [0.1, 0.15) is 11.9 Å². The average Bonchev–Trinajstić information content (AvgIpc) is 2.86. The number of hydrogen-bond donors (Lipinski definition) is 1. The molecule has 1 N–H and O–H groups in total. The Labute approximate surface area is 126 Å². The van der Waals surface area contributed by atoms with Crippen LogP contribution in [-0.4, -0.2) is 45.0 Å². The third-order valence-corrected chi connectivity index (χ3v) is 6.26. The zero-order chi connectivity index (χ0) is 15.0. The number of hydrogen-bond acceptors (Lipinski definition) is 4. The minimum absolute atomic E-state index is 0.129. The Morgan fingerprint density at radius 2 is 2.00 bits per heavy atom. The molecule has 3 rings (SSSR count). The molecule has 1 aromatic carbocycles. The first-order valence-corrected chi connectivity index (χ1v) is 8.91. The second-order valence-corrected chi connectivity index (χ2v) is 7.81. The number of rotatable bonds is 3. The molecule has 1 aromatic rings. The van der Waals surface area contributed by atoms with Crippen molar-refractivity contribution in [3.63, 3.8) is 0 Å². The average molecular weight is 310 g/mol. The lowest BCUT2D eigenvalue weighted by atomic mass is 10.1. The predicted octanol–water partition coefficient (Wildman–Crippen LogP) is 1.38. The topological polar surface area (TPSA) is 58.6 Å². The van der Waals surface area contributed by atoms with Gasteiger partial charge in [0.15, 0.2) is 0 Å². The molecule has 0 saturated carbocycles. The Kier molecular flexibility index (Phi) is 3.94. The number of piperidine rings is 1. The molecule has 0 aliphatic carbocycles. The molecular formula is C15H22N2O3S. The largest absolute Gasteiger partial charge is 0.490 e. The summed E-state index contributed by atoms with van der Waals surface area (Å²) in [7, 11) is -1.46. The molecule has 5 nitrogen and oxygen atoms in total. The number of nitrogens with one attached hydrogen (secondary N) is 1. The highest BCUT2D eigenvalue weighted by Crippen LogP contribution is 2.32. The van der Waals surface area contributed by atoms with Crippen molar-refractivity contribution in [1.82, 2.24) is 9.62 Å². The second kappa shape index (κ2) is 5.59. The quantitative estimate of drug-likeness (QED) is 0.916. The molecule has 2 aliphatic heterocycles. The van der Waals surface area contributed by atoms with Crippen molar-refractivity contribution in [3.8, 4) is 5.75 Å². The van der Waals surface area contributed by atoms with Crippen LogP contribution < -0.4 is 10.1 Å². The van der Waals surface area contributed by atoms with Crippen molar-refractivity contribution < 1.29 is 13.2 Å². The molecule has 0 spiro atoms. The van der Waals surface area contributed by atoms with Gasteiger partial charge in [0.25, 0.3) is 0 Å². The van der Waals surface area contributed by atoms with Crippen LogP contribution in [0.3, 0.4) is 0 Å². The molecule has 1 saturated heterocycles. The van der Waals surface area contributed by atoms with Gasteiger partial charge in [-0.1, -0.05) is 0 Å². The van der Waals surface area contributed by atoms with E-state index < -0.39 is 10.0 Å². The van der Waals surface area contributed by atoms with Crippen LogP contribution in [0.4, 0.5) is 0 Å². The third-order valence-electron chi connectivity index (χ3n) is 4.37. The van der Waals surface area contributed by atoms with E-state index in [1.165, 1.54) is 0 Å². The molecule has 21 heavy (non-hydrogen) atoms. The zero-order valence-electron chi connectivity index (χ0n) is 12.5. The SMILES string of the molecule is CNC1CCN(S(=O)(=O)c2ccc3c(c2)CC(C)O3)CC1. The van der Waals surface area contributed by atoms with Crippen LogP contribution in [0.2, 0.25) is 0 Å². The third kappa shape index (κ3) is 2.80. The van der Waals surface area contributed by atoms with E-state index in [4.69, 9.17) is 4.74 Å². The highest BCUT2D eigenvalue weighted by molar-refractivity contribution is 7.89. The van der Waals surface area contributed by atoms with E-state index in [1.54, 1.807) is 22.5 Å². The van der Waals surface area contributed by atoms with Crippen LogP contribution in [-0.2, 0) is 16.4 Å². The molecule has 2 heterocycles. The van der Waals surface area contributed by atoms with E-state index in [-0.39, 0.29) is 6.10 Å². The summed E-state index contributed by atoms with van der Waals surface area (Å²) < 4.78 is 32.7. The van der Waals surface area contributed by atoms with Gasteiger partial charge in [-0.05, 0) is 50.6 Å². The van der Waals surface area contributed by atoms with Gasteiger partial charge in [-0.2, -0.15) is 4.31 Å². The second-order valence-electron chi connectivity index (χ2n) is 5.87. The Balaban J connectivity index is 1.81. The number of fused-ring (bicyclic) bond motifs is 1. The van der Waals surface area contributed by atoms with Crippen LogP contribution in [0.1, 0.15) is 25.3 Å². The van der Waals surface area contributed by atoms with E-state index in [0.717, 1.165) is 30.6 Å². The molecule has 0 bridgehead atoms. The maximum absolute atomic E-state index is 12.7. The number of sulfonamides is 1. The van der Waals surface area contributed by atoms with Crippen LogP contribution in [0, 0.1) is 0 Å². The fourth-order valence-corrected chi connectivity index (χ4v) is 4.61. The van der Waals surface area contributed by atoms with Crippen molar-refractivity contribution in [2.24, 2.45) is 0 Å². The first-order valence-electron chi connectivity index (χ1n) is 7.47. The summed E-state index contributed by atoms with van der Waals surface area (Å²) in [4.78, 5) is 0.391. The first kappa shape index (κ1) is 14.8. The van der Waals surface area contributed by atoms with Gasteiger partial charge in [0, 0.05) is 25.6 Å². The predicted molar refractivity (Wildman–Crippen MR) is 81.1 cm³/mol. The fraction of sp³-hybridized carbons (Fsp3) is 0.600. The number of benzene rings is 1. The van der Waals surface area contributed by atoms with Crippen molar-refractivity contribution in [3.05, 3.63) is 23.8 Å². The summed E-state index contributed by atoms with van der Waals surface area (Å²) in [5, 5.41) is 3.22. The van der Waals surface area contributed by atoms with Crippen LogP contribution in [0.5, 0.6) is 5.75 Å². The minimum Gasteiger partial charge on any atom is -0.490 e. The number of nitrogens with zero attached hydrogens (tertiary/aromatic N) is 1. The molecule has 116 valence electrons. The van der Waals surface area contributed by atoms with Crippen molar-refractivity contribution in [2.75, 3.05) is 20.1 Å². The Hall–Kier alpha value is -1.11. The molecule has 1 unspecified atom stereocenters. The maximum atomic E-state index is 12.7. The standard InChI is InChI=1S/C15H22N2O3S/c1-11-9-12-10-14(3-4-15(12)20-11)21(18,19)17-7-5-13(16-2)6-8-17/h3-4,10-11,13,16H,5-9H2,1-2H3. The summed E-state index contributed by atoms with van der Waals surface area (Å²) in [6.07, 6.45) is 2.63. The van der Waals surface area contributed by atoms with Crippen molar-refractivity contribution in [1.29, 1.82) is 0 Å². The monoisotopic (exact) mass is 310 g/mol. The normalized spacial score (nSPS) is 23.8. The minimum atomic E-state index is -3.38. The van der Waals surface area contributed by atoms with E-state index in [9.17, 15) is 8.42 Å². The lowest BCUT2D eigenvalue weighted by Crippen LogP contribution is -2.43. The van der Waals surface area contributed by atoms with Gasteiger partial charge in [-0.15, -0.1) is 0 Å². The molecule has 6 heteroatoms.